The number of hydrogen-bond donors (Lipinski definition) is 1. The summed E-state index contributed by atoms with van der Waals surface area (Å²) in [5, 5.41) is 9.07. The SMILES string of the molecule is O=C(NC(c1ccsc1)c1cccs1)c1ccco1. The Kier molecular flexibility index (Phi) is 3.48. The maximum Gasteiger partial charge on any atom is 0.287 e. The van der Waals surface area contributed by atoms with Crippen LogP contribution in [0.15, 0.2) is 57.2 Å². The third-order valence-corrected chi connectivity index (χ3v) is 4.36. The van der Waals surface area contributed by atoms with E-state index in [2.05, 4.69) is 5.32 Å². The summed E-state index contributed by atoms with van der Waals surface area (Å²) in [6.45, 7) is 0. The van der Waals surface area contributed by atoms with Gasteiger partial charge in [-0.25, -0.2) is 0 Å². The zero-order valence-corrected chi connectivity index (χ0v) is 11.5. The van der Waals surface area contributed by atoms with Gasteiger partial charge in [0, 0.05) is 4.88 Å². The van der Waals surface area contributed by atoms with Gasteiger partial charge in [-0.2, -0.15) is 11.3 Å². The van der Waals surface area contributed by atoms with Crippen LogP contribution < -0.4 is 5.32 Å². The van der Waals surface area contributed by atoms with Crippen molar-refractivity contribution in [3.05, 3.63) is 68.9 Å². The van der Waals surface area contributed by atoms with Gasteiger partial charge < -0.3 is 9.73 Å². The molecule has 0 spiro atoms. The van der Waals surface area contributed by atoms with Crippen molar-refractivity contribution in [3.8, 4) is 0 Å². The van der Waals surface area contributed by atoms with E-state index in [1.807, 2.05) is 34.3 Å². The van der Waals surface area contributed by atoms with E-state index in [-0.39, 0.29) is 11.9 Å². The van der Waals surface area contributed by atoms with Gasteiger partial charge in [0.2, 0.25) is 0 Å². The molecule has 96 valence electrons. The van der Waals surface area contributed by atoms with Crippen molar-refractivity contribution >= 4 is 28.6 Å². The Bertz CT molecular complexity index is 593. The molecule has 5 heteroatoms. The first kappa shape index (κ1) is 12.2. The topological polar surface area (TPSA) is 42.2 Å². The summed E-state index contributed by atoms with van der Waals surface area (Å²) in [6.07, 6.45) is 1.50. The molecule has 0 bridgehead atoms. The summed E-state index contributed by atoms with van der Waals surface area (Å²) >= 11 is 3.25. The molecule has 3 aromatic heterocycles. The monoisotopic (exact) mass is 289 g/mol. The Morgan fingerprint density at radius 2 is 2.16 bits per heavy atom. The molecule has 3 rings (SSSR count). The Balaban J connectivity index is 1.87. The molecule has 3 heterocycles. The van der Waals surface area contributed by atoms with Crippen LogP contribution in [-0.2, 0) is 0 Å². The van der Waals surface area contributed by atoms with Crippen LogP contribution in [0.2, 0.25) is 0 Å². The van der Waals surface area contributed by atoms with Gasteiger partial charge in [0.05, 0.1) is 12.3 Å². The van der Waals surface area contributed by atoms with E-state index in [1.54, 1.807) is 34.8 Å². The summed E-state index contributed by atoms with van der Waals surface area (Å²) in [7, 11) is 0. The van der Waals surface area contributed by atoms with E-state index in [9.17, 15) is 4.79 Å². The van der Waals surface area contributed by atoms with Gasteiger partial charge in [-0.05, 0) is 46.0 Å². The first-order chi connectivity index (χ1) is 9.34. The molecule has 3 nitrogen and oxygen atoms in total. The van der Waals surface area contributed by atoms with Crippen molar-refractivity contribution in [1.82, 2.24) is 5.32 Å². The van der Waals surface area contributed by atoms with E-state index in [0.717, 1.165) is 10.4 Å². The number of carbonyl (C=O) groups is 1. The van der Waals surface area contributed by atoms with Gasteiger partial charge in [-0.3, -0.25) is 4.79 Å². The quantitative estimate of drug-likeness (QED) is 0.791. The fourth-order valence-electron chi connectivity index (χ4n) is 1.82. The van der Waals surface area contributed by atoms with Crippen LogP contribution in [0.4, 0.5) is 0 Å². The zero-order valence-electron chi connectivity index (χ0n) is 9.91. The van der Waals surface area contributed by atoms with Crippen molar-refractivity contribution < 1.29 is 9.21 Å². The summed E-state index contributed by atoms with van der Waals surface area (Å²) < 4.78 is 5.12. The summed E-state index contributed by atoms with van der Waals surface area (Å²) in [5.74, 6) is 0.131. The second-order valence-corrected chi connectivity index (χ2v) is 5.72. The molecule has 19 heavy (non-hydrogen) atoms. The number of nitrogens with one attached hydrogen (secondary N) is 1. The van der Waals surface area contributed by atoms with Gasteiger partial charge in [0.1, 0.15) is 0 Å². The second kappa shape index (κ2) is 5.42. The van der Waals surface area contributed by atoms with Crippen LogP contribution in [-0.4, -0.2) is 5.91 Å². The van der Waals surface area contributed by atoms with Gasteiger partial charge in [0.15, 0.2) is 5.76 Å². The summed E-state index contributed by atoms with van der Waals surface area (Å²) in [6, 6.07) is 9.28. The van der Waals surface area contributed by atoms with Gasteiger partial charge >= 0.3 is 0 Å². The maximum atomic E-state index is 12.1. The number of carbonyl (C=O) groups excluding carboxylic acids is 1. The minimum absolute atomic E-state index is 0.121. The average molecular weight is 289 g/mol. The van der Waals surface area contributed by atoms with Crippen molar-refractivity contribution in [2.75, 3.05) is 0 Å². The smallest absolute Gasteiger partial charge is 0.287 e. The fourth-order valence-corrected chi connectivity index (χ4v) is 3.31. The second-order valence-electron chi connectivity index (χ2n) is 3.96. The lowest BCUT2D eigenvalue weighted by Gasteiger charge is -2.15. The molecule has 0 radical (unpaired) electrons. The lowest BCUT2D eigenvalue weighted by Crippen LogP contribution is -2.28. The lowest BCUT2D eigenvalue weighted by atomic mass is 10.1. The van der Waals surface area contributed by atoms with Crippen LogP contribution in [0.3, 0.4) is 0 Å². The highest BCUT2D eigenvalue weighted by Crippen LogP contribution is 2.27. The van der Waals surface area contributed by atoms with Gasteiger partial charge in [-0.15, -0.1) is 11.3 Å². The number of amides is 1. The van der Waals surface area contributed by atoms with Crippen molar-refractivity contribution in [2.45, 2.75) is 6.04 Å². The molecule has 1 amide bonds. The van der Waals surface area contributed by atoms with E-state index in [1.165, 1.54) is 6.26 Å². The van der Waals surface area contributed by atoms with E-state index >= 15 is 0 Å². The third-order valence-electron chi connectivity index (χ3n) is 2.72. The van der Waals surface area contributed by atoms with Crippen molar-refractivity contribution in [1.29, 1.82) is 0 Å². The Labute approximate surface area is 118 Å². The predicted molar refractivity (Wildman–Crippen MR) is 76.7 cm³/mol. The van der Waals surface area contributed by atoms with Crippen LogP contribution in [0, 0.1) is 0 Å². The van der Waals surface area contributed by atoms with E-state index < -0.39 is 0 Å². The first-order valence-electron chi connectivity index (χ1n) is 5.74. The molecule has 0 fully saturated rings. The minimum Gasteiger partial charge on any atom is -0.459 e. The third kappa shape index (κ3) is 2.62. The number of rotatable bonds is 4. The maximum absolute atomic E-state index is 12.1. The largest absolute Gasteiger partial charge is 0.459 e. The van der Waals surface area contributed by atoms with Crippen LogP contribution in [0.25, 0.3) is 0 Å². The standard InChI is InChI=1S/C14H11NO2S2/c16-14(11-3-1-6-17-11)15-13(10-5-8-18-9-10)12-4-2-7-19-12/h1-9,13H,(H,15,16). The average Bonchev–Trinajstić information content (AvgIpc) is 3.17. The molecule has 1 N–H and O–H groups in total. The highest BCUT2D eigenvalue weighted by molar-refractivity contribution is 7.10. The molecule has 0 aliphatic heterocycles. The summed E-state index contributed by atoms with van der Waals surface area (Å²) in [5.41, 5.74) is 1.09. The van der Waals surface area contributed by atoms with Gasteiger partial charge in [-0.1, -0.05) is 6.07 Å². The highest BCUT2D eigenvalue weighted by Gasteiger charge is 2.20. The predicted octanol–water partition coefficient (Wildman–Crippen LogP) is 3.92. The Morgan fingerprint density at radius 1 is 1.21 bits per heavy atom. The fraction of sp³-hybridized carbons (Fsp3) is 0.0714. The molecule has 3 aromatic rings. The Hall–Kier alpha value is -1.85. The normalized spacial score (nSPS) is 12.2. The van der Waals surface area contributed by atoms with E-state index in [0.29, 0.717) is 5.76 Å². The number of furan rings is 1. The van der Waals surface area contributed by atoms with Crippen LogP contribution in [0.5, 0.6) is 0 Å². The molecular weight excluding hydrogens is 278 g/mol. The molecular formula is C14H11NO2S2. The minimum atomic E-state index is -0.199. The highest BCUT2D eigenvalue weighted by atomic mass is 32.1. The lowest BCUT2D eigenvalue weighted by molar-refractivity contribution is 0.0915. The molecule has 0 aromatic carbocycles. The molecule has 1 unspecified atom stereocenters. The Morgan fingerprint density at radius 3 is 2.79 bits per heavy atom. The molecule has 0 aliphatic rings. The first-order valence-corrected chi connectivity index (χ1v) is 7.57. The molecule has 0 saturated heterocycles. The van der Waals surface area contributed by atoms with Gasteiger partial charge in [0.25, 0.3) is 5.91 Å². The molecule has 1 atom stereocenters. The van der Waals surface area contributed by atoms with Crippen molar-refractivity contribution in [2.24, 2.45) is 0 Å². The molecule has 0 aliphatic carbocycles. The summed E-state index contributed by atoms with van der Waals surface area (Å²) in [4.78, 5) is 13.2. The van der Waals surface area contributed by atoms with Crippen LogP contribution >= 0.6 is 22.7 Å². The molecule has 0 saturated carbocycles. The van der Waals surface area contributed by atoms with Crippen molar-refractivity contribution in [3.63, 3.8) is 0 Å². The number of thiophene rings is 2. The van der Waals surface area contributed by atoms with E-state index in [4.69, 9.17) is 4.42 Å². The van der Waals surface area contributed by atoms with Crippen LogP contribution in [0.1, 0.15) is 27.0 Å². The zero-order chi connectivity index (χ0) is 13.1. The number of hydrogen-bond acceptors (Lipinski definition) is 4.